The minimum Gasteiger partial charge on any atom is -0.456 e. The Bertz CT molecular complexity index is 1630. The van der Waals surface area contributed by atoms with E-state index in [1.54, 1.807) is 72.8 Å². The third kappa shape index (κ3) is 2.64. The molecule has 0 fully saturated rings. The Balaban J connectivity index is 1.63. The van der Waals surface area contributed by atoms with Gasteiger partial charge in [0.1, 0.15) is 44.6 Å². The second kappa shape index (κ2) is 6.57. The van der Waals surface area contributed by atoms with Crippen molar-refractivity contribution in [2.24, 2.45) is 0 Å². The van der Waals surface area contributed by atoms with Crippen molar-refractivity contribution in [2.75, 3.05) is 0 Å². The van der Waals surface area contributed by atoms with Crippen LogP contribution in [0.2, 0.25) is 0 Å². The largest absolute Gasteiger partial charge is 0.456 e. The van der Waals surface area contributed by atoms with Gasteiger partial charge in [-0.2, -0.15) is 0 Å². The van der Waals surface area contributed by atoms with Crippen molar-refractivity contribution in [1.29, 1.82) is 0 Å². The lowest BCUT2D eigenvalue weighted by Gasteiger charge is -2.11. The van der Waals surface area contributed by atoms with Gasteiger partial charge >= 0.3 is 0 Å². The molecule has 4 aromatic carbocycles. The average molecular weight is 406 g/mol. The molecule has 2 aromatic heterocycles. The summed E-state index contributed by atoms with van der Waals surface area (Å²) >= 11 is 0. The fourth-order valence-electron chi connectivity index (χ4n) is 3.92. The van der Waals surface area contributed by atoms with Crippen molar-refractivity contribution in [3.05, 3.63) is 105 Å². The van der Waals surface area contributed by atoms with Gasteiger partial charge in [0, 0.05) is 0 Å². The van der Waals surface area contributed by atoms with Crippen LogP contribution in [0.15, 0.2) is 103 Å². The molecule has 0 aliphatic heterocycles. The van der Waals surface area contributed by atoms with Crippen LogP contribution < -0.4 is 15.6 Å². The van der Waals surface area contributed by atoms with E-state index in [4.69, 9.17) is 13.6 Å². The van der Waals surface area contributed by atoms with Gasteiger partial charge < -0.3 is 13.6 Å². The zero-order chi connectivity index (χ0) is 20.9. The number of para-hydroxylation sites is 2. The summed E-state index contributed by atoms with van der Waals surface area (Å²) in [5.41, 5.74) is 1.47. The van der Waals surface area contributed by atoms with Crippen molar-refractivity contribution >= 4 is 43.9 Å². The maximum absolute atomic E-state index is 13.2. The molecule has 0 amide bonds. The van der Waals surface area contributed by atoms with E-state index < -0.39 is 0 Å². The molecule has 5 heteroatoms. The van der Waals surface area contributed by atoms with Crippen LogP contribution in [0.25, 0.3) is 43.9 Å². The van der Waals surface area contributed by atoms with Crippen molar-refractivity contribution in [2.45, 2.75) is 0 Å². The Morgan fingerprint density at radius 3 is 1.39 bits per heavy atom. The molecule has 0 unspecified atom stereocenters. The highest BCUT2D eigenvalue weighted by molar-refractivity contribution is 5.95. The fourth-order valence-corrected chi connectivity index (χ4v) is 3.92. The standard InChI is InChI=1S/C26H14O5/c27-25-15-7-1-3-9-17(15)29-19-11-5-13-21(23(19)25)31-22-14-6-12-20-24(22)26(28)16-8-2-4-10-18(16)30-20/h1-14H. The van der Waals surface area contributed by atoms with Gasteiger partial charge in [0.2, 0.25) is 10.9 Å². The van der Waals surface area contributed by atoms with Gasteiger partial charge in [-0.3, -0.25) is 9.59 Å². The maximum atomic E-state index is 13.2. The summed E-state index contributed by atoms with van der Waals surface area (Å²) in [5.74, 6) is 0.633. The molecule has 148 valence electrons. The predicted octanol–water partition coefficient (Wildman–Crippen LogP) is 6.00. The fraction of sp³-hybridized carbons (Fsp3) is 0. The third-order valence-electron chi connectivity index (χ3n) is 5.35. The SMILES string of the molecule is O=c1c2ccccc2oc2cccc(Oc3cccc4oc5ccccc5c(=O)c34)c12. The molecule has 0 radical (unpaired) electrons. The molecule has 0 saturated carbocycles. The molecule has 6 aromatic rings. The normalized spacial score (nSPS) is 11.5. The quantitative estimate of drug-likeness (QED) is 0.330. The molecule has 2 heterocycles. The Morgan fingerprint density at radius 1 is 0.484 bits per heavy atom. The van der Waals surface area contributed by atoms with Crippen LogP contribution in [0.3, 0.4) is 0 Å². The first-order valence-corrected chi connectivity index (χ1v) is 9.78. The molecule has 0 aliphatic rings. The van der Waals surface area contributed by atoms with Crippen LogP contribution in [-0.2, 0) is 0 Å². The van der Waals surface area contributed by atoms with Crippen molar-refractivity contribution in [3.8, 4) is 11.5 Å². The van der Waals surface area contributed by atoms with Gasteiger partial charge in [0.25, 0.3) is 0 Å². The molecule has 0 saturated heterocycles. The number of hydrogen-bond donors (Lipinski definition) is 0. The van der Waals surface area contributed by atoms with Crippen LogP contribution in [-0.4, -0.2) is 0 Å². The Morgan fingerprint density at radius 2 is 0.903 bits per heavy atom. The van der Waals surface area contributed by atoms with Crippen molar-refractivity contribution in [3.63, 3.8) is 0 Å². The number of rotatable bonds is 2. The first-order valence-electron chi connectivity index (χ1n) is 9.78. The Kier molecular flexibility index (Phi) is 3.70. The lowest BCUT2D eigenvalue weighted by Crippen LogP contribution is -2.06. The average Bonchev–Trinajstić information content (AvgIpc) is 2.79. The molecule has 6 rings (SSSR count). The van der Waals surface area contributed by atoms with Crippen LogP contribution in [0, 0.1) is 0 Å². The Hall–Kier alpha value is -4.38. The molecule has 0 spiro atoms. The van der Waals surface area contributed by atoms with Crippen LogP contribution in [0.1, 0.15) is 0 Å². The minimum atomic E-state index is -0.190. The highest BCUT2D eigenvalue weighted by Gasteiger charge is 2.16. The molecule has 0 bridgehead atoms. The van der Waals surface area contributed by atoms with E-state index >= 15 is 0 Å². The number of ether oxygens (including phenoxy) is 1. The van der Waals surface area contributed by atoms with E-state index in [2.05, 4.69) is 0 Å². The van der Waals surface area contributed by atoms with E-state index in [1.165, 1.54) is 0 Å². The van der Waals surface area contributed by atoms with Crippen molar-refractivity contribution in [1.82, 2.24) is 0 Å². The summed E-state index contributed by atoms with van der Waals surface area (Å²) < 4.78 is 18.0. The summed E-state index contributed by atoms with van der Waals surface area (Å²) in [4.78, 5) is 26.4. The molecule has 5 nitrogen and oxygen atoms in total. The second-order valence-corrected chi connectivity index (χ2v) is 7.22. The topological polar surface area (TPSA) is 69.7 Å². The van der Waals surface area contributed by atoms with E-state index in [9.17, 15) is 9.59 Å². The molecule has 31 heavy (non-hydrogen) atoms. The molecule has 0 N–H and O–H groups in total. The lowest BCUT2D eigenvalue weighted by atomic mass is 10.1. The number of hydrogen-bond acceptors (Lipinski definition) is 5. The highest BCUT2D eigenvalue weighted by Crippen LogP contribution is 2.33. The van der Waals surface area contributed by atoms with Gasteiger partial charge in [-0.25, -0.2) is 0 Å². The summed E-state index contributed by atoms with van der Waals surface area (Å²) in [7, 11) is 0. The summed E-state index contributed by atoms with van der Waals surface area (Å²) in [5, 5.41) is 1.58. The monoisotopic (exact) mass is 406 g/mol. The highest BCUT2D eigenvalue weighted by atomic mass is 16.5. The van der Waals surface area contributed by atoms with E-state index in [1.807, 2.05) is 12.1 Å². The summed E-state index contributed by atoms with van der Waals surface area (Å²) in [6.07, 6.45) is 0. The number of fused-ring (bicyclic) bond motifs is 4. The zero-order valence-electron chi connectivity index (χ0n) is 16.1. The van der Waals surface area contributed by atoms with Gasteiger partial charge in [-0.05, 0) is 48.5 Å². The molecular weight excluding hydrogens is 392 g/mol. The van der Waals surface area contributed by atoms with Gasteiger partial charge in [-0.1, -0.05) is 36.4 Å². The smallest absolute Gasteiger partial charge is 0.204 e. The van der Waals surface area contributed by atoms with E-state index in [0.717, 1.165) is 0 Å². The predicted molar refractivity (Wildman–Crippen MR) is 120 cm³/mol. The third-order valence-corrected chi connectivity index (χ3v) is 5.35. The first kappa shape index (κ1) is 17.5. The van der Waals surface area contributed by atoms with Gasteiger partial charge in [0.15, 0.2) is 0 Å². The van der Waals surface area contributed by atoms with Gasteiger partial charge in [0.05, 0.1) is 10.8 Å². The van der Waals surface area contributed by atoms with Crippen LogP contribution in [0.4, 0.5) is 0 Å². The summed E-state index contributed by atoms with van der Waals surface area (Å²) in [6, 6.07) is 24.5. The van der Waals surface area contributed by atoms with E-state index in [-0.39, 0.29) is 10.9 Å². The van der Waals surface area contributed by atoms with Crippen molar-refractivity contribution < 1.29 is 13.6 Å². The molecule has 0 atom stereocenters. The summed E-state index contributed by atoms with van der Waals surface area (Å²) in [6.45, 7) is 0. The molecule has 0 aliphatic carbocycles. The minimum absolute atomic E-state index is 0.190. The maximum Gasteiger partial charge on any atom is 0.204 e. The zero-order valence-corrected chi connectivity index (χ0v) is 16.1. The number of benzene rings is 4. The Labute approximate surface area is 174 Å². The van der Waals surface area contributed by atoms with Crippen LogP contribution in [0.5, 0.6) is 11.5 Å². The molecular formula is C26H14O5. The van der Waals surface area contributed by atoms with Crippen LogP contribution >= 0.6 is 0 Å². The first-order chi connectivity index (χ1) is 15.2. The van der Waals surface area contributed by atoms with E-state index in [0.29, 0.717) is 55.4 Å². The van der Waals surface area contributed by atoms with Gasteiger partial charge in [-0.15, -0.1) is 0 Å². The second-order valence-electron chi connectivity index (χ2n) is 7.22. The lowest BCUT2D eigenvalue weighted by molar-refractivity contribution is 0.491.